The molecule has 0 spiro atoms. The van der Waals surface area contributed by atoms with E-state index in [1.165, 1.54) is 0 Å². The van der Waals surface area contributed by atoms with E-state index in [2.05, 4.69) is 5.32 Å². The lowest BCUT2D eigenvalue weighted by molar-refractivity contribution is -0.140. The number of rotatable bonds is 5. The molecule has 0 radical (unpaired) electrons. The van der Waals surface area contributed by atoms with Crippen molar-refractivity contribution in [1.29, 1.82) is 0 Å². The van der Waals surface area contributed by atoms with Gasteiger partial charge in [-0.1, -0.05) is 19.8 Å². The Morgan fingerprint density at radius 1 is 1.35 bits per heavy atom. The number of alkyl halides is 3. The standard InChI is InChI=1S/C14H17F4NO/c1-3-4-5-9(2)19-13(20)10-6-7-12(15)11(8-10)14(16,17)18/h6-9H,3-5H2,1-2H3,(H,19,20). The summed E-state index contributed by atoms with van der Waals surface area (Å²) in [6.07, 6.45) is -2.18. The SMILES string of the molecule is CCCCC(C)NC(=O)c1ccc(F)c(C(F)(F)F)c1. The van der Waals surface area contributed by atoms with Crippen LogP contribution in [-0.2, 0) is 6.18 Å². The summed E-state index contributed by atoms with van der Waals surface area (Å²) in [5.74, 6) is -2.01. The van der Waals surface area contributed by atoms with Crippen LogP contribution in [0, 0.1) is 5.82 Å². The molecule has 2 nitrogen and oxygen atoms in total. The summed E-state index contributed by atoms with van der Waals surface area (Å²) in [7, 11) is 0. The summed E-state index contributed by atoms with van der Waals surface area (Å²) < 4.78 is 50.8. The van der Waals surface area contributed by atoms with E-state index in [9.17, 15) is 22.4 Å². The van der Waals surface area contributed by atoms with Crippen LogP contribution in [0.2, 0.25) is 0 Å². The molecule has 0 saturated carbocycles. The number of hydrogen-bond donors (Lipinski definition) is 1. The van der Waals surface area contributed by atoms with Gasteiger partial charge in [0.1, 0.15) is 5.82 Å². The predicted octanol–water partition coefficient (Wildman–Crippen LogP) is 4.15. The van der Waals surface area contributed by atoms with E-state index in [0.717, 1.165) is 25.3 Å². The highest BCUT2D eigenvalue weighted by atomic mass is 19.4. The van der Waals surface area contributed by atoms with Crippen molar-refractivity contribution in [3.63, 3.8) is 0 Å². The second-order valence-corrected chi connectivity index (χ2v) is 4.71. The van der Waals surface area contributed by atoms with Gasteiger partial charge in [-0.05, 0) is 31.5 Å². The molecule has 20 heavy (non-hydrogen) atoms. The molecule has 0 heterocycles. The molecule has 6 heteroatoms. The Bertz CT molecular complexity index is 471. The molecule has 0 aliphatic rings. The van der Waals surface area contributed by atoms with Gasteiger partial charge in [0.25, 0.3) is 5.91 Å². The summed E-state index contributed by atoms with van der Waals surface area (Å²) >= 11 is 0. The van der Waals surface area contributed by atoms with Gasteiger partial charge in [-0.15, -0.1) is 0 Å². The number of unbranched alkanes of at least 4 members (excludes halogenated alkanes) is 1. The van der Waals surface area contributed by atoms with Crippen molar-refractivity contribution >= 4 is 5.91 Å². The van der Waals surface area contributed by atoms with Crippen LogP contribution >= 0.6 is 0 Å². The Morgan fingerprint density at radius 3 is 2.55 bits per heavy atom. The fourth-order valence-electron chi connectivity index (χ4n) is 1.77. The monoisotopic (exact) mass is 291 g/mol. The Kier molecular flexibility index (Phi) is 5.53. The molecule has 1 aromatic carbocycles. The van der Waals surface area contributed by atoms with E-state index in [-0.39, 0.29) is 11.6 Å². The summed E-state index contributed by atoms with van der Waals surface area (Å²) in [6.45, 7) is 3.78. The minimum atomic E-state index is -4.81. The van der Waals surface area contributed by atoms with E-state index in [4.69, 9.17) is 0 Å². The zero-order chi connectivity index (χ0) is 15.3. The minimum absolute atomic E-state index is 0.137. The van der Waals surface area contributed by atoms with Crippen molar-refractivity contribution in [3.05, 3.63) is 35.1 Å². The summed E-state index contributed by atoms with van der Waals surface area (Å²) in [4.78, 5) is 11.8. The average molecular weight is 291 g/mol. The number of halogens is 4. The maximum absolute atomic E-state index is 13.1. The van der Waals surface area contributed by atoms with Crippen molar-refractivity contribution < 1.29 is 22.4 Å². The molecule has 0 aliphatic carbocycles. The van der Waals surface area contributed by atoms with Gasteiger partial charge in [0.05, 0.1) is 5.56 Å². The fraction of sp³-hybridized carbons (Fsp3) is 0.500. The first kappa shape index (κ1) is 16.5. The first-order valence-corrected chi connectivity index (χ1v) is 6.43. The summed E-state index contributed by atoms with van der Waals surface area (Å²) in [5, 5.41) is 2.60. The first-order valence-electron chi connectivity index (χ1n) is 6.43. The zero-order valence-corrected chi connectivity index (χ0v) is 11.4. The van der Waals surface area contributed by atoms with Crippen LogP contribution in [-0.4, -0.2) is 11.9 Å². The minimum Gasteiger partial charge on any atom is -0.350 e. The molecule has 0 fully saturated rings. The third-order valence-corrected chi connectivity index (χ3v) is 2.90. The van der Waals surface area contributed by atoms with E-state index < -0.39 is 23.5 Å². The van der Waals surface area contributed by atoms with E-state index in [1.807, 2.05) is 6.92 Å². The quantitative estimate of drug-likeness (QED) is 0.811. The van der Waals surface area contributed by atoms with Crippen LogP contribution in [0.3, 0.4) is 0 Å². The smallest absolute Gasteiger partial charge is 0.350 e. The van der Waals surface area contributed by atoms with Crippen molar-refractivity contribution in [2.45, 2.75) is 45.3 Å². The van der Waals surface area contributed by atoms with Gasteiger partial charge >= 0.3 is 6.18 Å². The van der Waals surface area contributed by atoms with E-state index >= 15 is 0 Å². The van der Waals surface area contributed by atoms with Gasteiger partial charge in [-0.2, -0.15) is 13.2 Å². The number of carbonyl (C=O) groups is 1. The molecule has 0 aromatic heterocycles. The Balaban J connectivity index is 2.84. The Morgan fingerprint density at radius 2 is 2.00 bits per heavy atom. The van der Waals surface area contributed by atoms with Crippen molar-refractivity contribution in [2.75, 3.05) is 0 Å². The normalized spacial score (nSPS) is 13.1. The molecule has 0 saturated heterocycles. The predicted molar refractivity (Wildman–Crippen MR) is 67.9 cm³/mol. The Hall–Kier alpha value is -1.59. The third kappa shape index (κ3) is 4.51. The molecule has 0 aliphatic heterocycles. The van der Waals surface area contributed by atoms with Crippen LogP contribution in [0.5, 0.6) is 0 Å². The van der Waals surface area contributed by atoms with Crippen molar-refractivity contribution in [2.24, 2.45) is 0 Å². The second-order valence-electron chi connectivity index (χ2n) is 4.71. The molecule has 1 amide bonds. The molecular formula is C14H17F4NO. The second kappa shape index (κ2) is 6.72. The number of hydrogen-bond acceptors (Lipinski definition) is 1. The Labute approximate surface area is 115 Å². The van der Waals surface area contributed by atoms with Crippen LogP contribution in [0.4, 0.5) is 17.6 Å². The van der Waals surface area contributed by atoms with Crippen LogP contribution in [0.1, 0.15) is 49.0 Å². The highest BCUT2D eigenvalue weighted by Crippen LogP contribution is 2.31. The molecular weight excluding hydrogens is 274 g/mol. The van der Waals surface area contributed by atoms with Crippen molar-refractivity contribution in [1.82, 2.24) is 5.32 Å². The fourth-order valence-corrected chi connectivity index (χ4v) is 1.77. The lowest BCUT2D eigenvalue weighted by atomic mass is 10.1. The molecule has 0 bridgehead atoms. The van der Waals surface area contributed by atoms with Gasteiger partial charge in [0, 0.05) is 11.6 Å². The average Bonchev–Trinajstić information content (AvgIpc) is 2.35. The van der Waals surface area contributed by atoms with Crippen LogP contribution in [0.15, 0.2) is 18.2 Å². The third-order valence-electron chi connectivity index (χ3n) is 2.90. The van der Waals surface area contributed by atoms with Gasteiger partial charge < -0.3 is 5.32 Å². The topological polar surface area (TPSA) is 29.1 Å². The van der Waals surface area contributed by atoms with Crippen LogP contribution < -0.4 is 5.32 Å². The van der Waals surface area contributed by atoms with Gasteiger partial charge in [0.2, 0.25) is 0 Å². The van der Waals surface area contributed by atoms with Crippen LogP contribution in [0.25, 0.3) is 0 Å². The maximum atomic E-state index is 13.1. The number of benzene rings is 1. The zero-order valence-electron chi connectivity index (χ0n) is 11.4. The van der Waals surface area contributed by atoms with Gasteiger partial charge in [-0.3, -0.25) is 4.79 Å². The summed E-state index contributed by atoms with van der Waals surface area (Å²) in [5.41, 5.74) is -1.62. The summed E-state index contributed by atoms with van der Waals surface area (Å²) in [6, 6.07) is 2.11. The molecule has 112 valence electrons. The number of nitrogens with one attached hydrogen (secondary N) is 1. The molecule has 1 atom stereocenters. The van der Waals surface area contributed by atoms with E-state index in [0.29, 0.717) is 12.1 Å². The highest BCUT2D eigenvalue weighted by Gasteiger charge is 2.34. The lowest BCUT2D eigenvalue weighted by Crippen LogP contribution is -2.32. The number of amides is 1. The molecule has 1 unspecified atom stereocenters. The molecule has 1 N–H and O–H groups in total. The largest absolute Gasteiger partial charge is 0.419 e. The van der Waals surface area contributed by atoms with Gasteiger partial charge in [-0.25, -0.2) is 4.39 Å². The molecule has 1 rings (SSSR count). The molecule has 1 aromatic rings. The van der Waals surface area contributed by atoms with Crippen molar-refractivity contribution in [3.8, 4) is 0 Å². The van der Waals surface area contributed by atoms with Gasteiger partial charge in [0.15, 0.2) is 0 Å². The lowest BCUT2D eigenvalue weighted by Gasteiger charge is -2.14. The number of carbonyl (C=O) groups excluding carboxylic acids is 1. The first-order chi connectivity index (χ1) is 9.25. The maximum Gasteiger partial charge on any atom is 0.419 e. The highest BCUT2D eigenvalue weighted by molar-refractivity contribution is 5.94. The van der Waals surface area contributed by atoms with E-state index in [1.54, 1.807) is 6.92 Å².